The summed E-state index contributed by atoms with van der Waals surface area (Å²) in [6.07, 6.45) is -11.9. The van der Waals surface area contributed by atoms with Gasteiger partial charge in [-0.3, -0.25) is 0 Å². The van der Waals surface area contributed by atoms with Gasteiger partial charge in [-0.05, 0) is 84.7 Å². The van der Waals surface area contributed by atoms with Gasteiger partial charge in [-0.25, -0.2) is 4.79 Å². The average Bonchev–Trinajstić information content (AvgIpc) is 3.05. The number of benzene rings is 3. The van der Waals surface area contributed by atoms with Crippen LogP contribution in [0.1, 0.15) is 42.4 Å². The Kier molecular flexibility index (Phi) is 12.3. The first-order chi connectivity index (χ1) is 23.8. The molecular formula is C35H35F9N2O5. The molecule has 1 aliphatic carbocycles. The molecule has 0 spiro atoms. The number of rotatable bonds is 13. The van der Waals surface area contributed by atoms with Crippen molar-refractivity contribution in [2.24, 2.45) is 11.8 Å². The molecule has 0 radical (unpaired) electrons. The molecule has 0 aliphatic heterocycles. The van der Waals surface area contributed by atoms with Crippen LogP contribution in [-0.2, 0) is 16.7 Å². The highest BCUT2D eigenvalue weighted by Crippen LogP contribution is 2.39. The molecule has 0 bridgehead atoms. The van der Waals surface area contributed by atoms with Gasteiger partial charge in [0, 0.05) is 12.3 Å². The number of urea groups is 1. The number of hydrogen-bond donors (Lipinski definition) is 2. The Morgan fingerprint density at radius 3 is 1.76 bits per heavy atom. The summed E-state index contributed by atoms with van der Waals surface area (Å²) in [4.78, 5) is 13.1. The quantitative estimate of drug-likeness (QED) is 0.135. The number of halogens is 9. The molecule has 3 aromatic carbocycles. The summed E-state index contributed by atoms with van der Waals surface area (Å²) in [6, 6.07) is 13.3. The number of methoxy groups -OCH3 is 1. The Hall–Kier alpha value is -4.76. The molecule has 1 fully saturated rings. The molecule has 3 aromatic rings. The molecule has 7 nitrogen and oxygen atoms in total. The van der Waals surface area contributed by atoms with E-state index in [0.29, 0.717) is 17.9 Å². The van der Waals surface area contributed by atoms with Crippen molar-refractivity contribution in [2.75, 3.05) is 20.3 Å². The lowest BCUT2D eigenvalue weighted by molar-refractivity contribution is -0.275. The first-order valence-electron chi connectivity index (χ1n) is 15.6. The van der Waals surface area contributed by atoms with E-state index in [2.05, 4.69) is 21.4 Å². The SMILES string of the molecule is C=C(OC)[C@H]1CC[C@H](COc2ccc(CC(NC(=O)NCC(F)(F)F)(c3cccc(OC(F)(F)F)c3)c3cccc(OC(F)(F)F)c3)cc2)CC1. The van der Waals surface area contributed by atoms with Crippen LogP contribution in [0.3, 0.4) is 0 Å². The standard InChI is InChI=1S/C35H35F9N2O5/c1-22(48-2)25-13-9-24(10-14-25)20-49-28-15-11-23(12-16-28)19-32(46-31(47)45-21-33(36,37)38,26-5-3-7-29(17-26)50-34(39,40)41)27-6-4-8-30(18-27)51-35(42,43)44/h3-8,11-12,15-18,24-25H,1,9-10,13-14,19-21H2,2H3,(H2,45,46,47)/t24-,25-. The zero-order valence-corrected chi connectivity index (χ0v) is 27.2. The largest absolute Gasteiger partial charge is 0.573 e. The van der Waals surface area contributed by atoms with Crippen LogP contribution in [0.25, 0.3) is 0 Å². The summed E-state index contributed by atoms with van der Waals surface area (Å²) in [5.74, 6) is 0.242. The van der Waals surface area contributed by atoms with Gasteiger partial charge in [0.25, 0.3) is 0 Å². The Morgan fingerprint density at radius 1 is 0.765 bits per heavy atom. The monoisotopic (exact) mass is 734 g/mol. The predicted octanol–water partition coefficient (Wildman–Crippen LogP) is 9.18. The van der Waals surface area contributed by atoms with Gasteiger partial charge < -0.3 is 29.6 Å². The van der Waals surface area contributed by atoms with E-state index < -0.39 is 48.5 Å². The zero-order chi connectivity index (χ0) is 37.5. The molecule has 51 heavy (non-hydrogen) atoms. The van der Waals surface area contributed by atoms with Crippen LogP contribution in [0.2, 0.25) is 0 Å². The van der Waals surface area contributed by atoms with Crippen LogP contribution < -0.4 is 24.8 Å². The van der Waals surface area contributed by atoms with Crippen LogP contribution in [-0.4, -0.2) is 45.2 Å². The van der Waals surface area contributed by atoms with Crippen LogP contribution in [0.4, 0.5) is 44.3 Å². The van der Waals surface area contributed by atoms with Gasteiger partial charge in [-0.2, -0.15) is 13.2 Å². The minimum absolute atomic E-state index is 0.164. The molecule has 16 heteroatoms. The first-order valence-corrected chi connectivity index (χ1v) is 15.6. The Morgan fingerprint density at radius 2 is 1.29 bits per heavy atom. The van der Waals surface area contributed by atoms with Crippen molar-refractivity contribution in [3.05, 3.63) is 102 Å². The molecule has 0 saturated heterocycles. The molecule has 0 aromatic heterocycles. The third-order valence-electron chi connectivity index (χ3n) is 8.34. The molecule has 1 saturated carbocycles. The highest BCUT2D eigenvalue weighted by Gasteiger charge is 2.40. The Balaban J connectivity index is 1.70. The fraction of sp³-hybridized carbons (Fsp3) is 0.400. The highest BCUT2D eigenvalue weighted by atomic mass is 19.4. The van der Waals surface area contributed by atoms with E-state index in [9.17, 15) is 44.3 Å². The molecular weight excluding hydrogens is 699 g/mol. The van der Waals surface area contributed by atoms with Crippen molar-refractivity contribution in [1.29, 1.82) is 0 Å². The van der Waals surface area contributed by atoms with Crippen LogP contribution in [0.5, 0.6) is 17.2 Å². The lowest BCUT2D eigenvalue weighted by Gasteiger charge is -2.37. The van der Waals surface area contributed by atoms with Crippen molar-refractivity contribution in [3.8, 4) is 17.2 Å². The number of nitrogens with one attached hydrogen (secondary N) is 2. The lowest BCUT2D eigenvalue weighted by atomic mass is 9.77. The van der Waals surface area contributed by atoms with Crippen molar-refractivity contribution in [3.63, 3.8) is 0 Å². The van der Waals surface area contributed by atoms with E-state index in [4.69, 9.17) is 9.47 Å². The number of hydrogen-bond acceptors (Lipinski definition) is 5. The summed E-state index contributed by atoms with van der Waals surface area (Å²) in [6.45, 7) is 2.56. The summed E-state index contributed by atoms with van der Waals surface area (Å²) >= 11 is 0. The Labute approximate surface area is 287 Å². The van der Waals surface area contributed by atoms with Gasteiger partial charge in [0.05, 0.1) is 25.0 Å². The van der Waals surface area contributed by atoms with Crippen molar-refractivity contribution in [2.45, 2.75) is 56.5 Å². The molecule has 0 heterocycles. The molecule has 1 aliphatic rings. The number of carbonyl (C=O) groups is 1. The number of amides is 2. The summed E-state index contributed by atoms with van der Waals surface area (Å²) < 4.78 is 138. The van der Waals surface area contributed by atoms with Gasteiger partial charge in [-0.15, -0.1) is 26.3 Å². The minimum Gasteiger partial charge on any atom is -0.501 e. The summed E-state index contributed by atoms with van der Waals surface area (Å²) in [5.41, 5.74) is -2.04. The smallest absolute Gasteiger partial charge is 0.501 e. The molecule has 278 valence electrons. The number of allylic oxidation sites excluding steroid dienone is 1. The van der Waals surface area contributed by atoms with Gasteiger partial charge >= 0.3 is 24.9 Å². The average molecular weight is 735 g/mol. The second-order valence-corrected chi connectivity index (χ2v) is 12.0. The minimum atomic E-state index is -5.15. The maximum Gasteiger partial charge on any atom is 0.573 e. The van der Waals surface area contributed by atoms with E-state index in [1.807, 2.05) is 0 Å². The van der Waals surface area contributed by atoms with E-state index >= 15 is 0 Å². The topological polar surface area (TPSA) is 78.1 Å². The van der Waals surface area contributed by atoms with Gasteiger partial charge in [0.15, 0.2) is 0 Å². The van der Waals surface area contributed by atoms with Crippen molar-refractivity contribution in [1.82, 2.24) is 10.6 Å². The first kappa shape index (κ1) is 39.0. The lowest BCUT2D eigenvalue weighted by Crippen LogP contribution is -2.53. The molecule has 2 N–H and O–H groups in total. The highest BCUT2D eigenvalue weighted by molar-refractivity contribution is 5.76. The van der Waals surface area contributed by atoms with Crippen molar-refractivity contribution < 1.29 is 63.3 Å². The second kappa shape index (κ2) is 16.1. The van der Waals surface area contributed by atoms with Crippen LogP contribution >= 0.6 is 0 Å². The van der Waals surface area contributed by atoms with Crippen molar-refractivity contribution >= 4 is 6.03 Å². The summed E-state index contributed by atoms with van der Waals surface area (Å²) in [5, 5.41) is 4.04. The van der Waals surface area contributed by atoms with Gasteiger partial charge in [-0.1, -0.05) is 43.0 Å². The maximum atomic E-state index is 13.2. The van der Waals surface area contributed by atoms with Crippen LogP contribution in [0.15, 0.2) is 85.1 Å². The van der Waals surface area contributed by atoms with E-state index in [-0.39, 0.29) is 29.4 Å². The third-order valence-corrected chi connectivity index (χ3v) is 8.34. The molecule has 0 atom stereocenters. The molecule has 0 unspecified atom stereocenters. The maximum absolute atomic E-state index is 13.2. The van der Waals surface area contributed by atoms with Gasteiger partial charge in [0.1, 0.15) is 23.8 Å². The van der Waals surface area contributed by atoms with Gasteiger partial charge in [0.2, 0.25) is 0 Å². The molecule has 2 amide bonds. The van der Waals surface area contributed by atoms with E-state index in [1.165, 1.54) is 12.1 Å². The van der Waals surface area contributed by atoms with Crippen LogP contribution in [0, 0.1) is 11.8 Å². The molecule has 4 rings (SSSR count). The number of alkyl halides is 9. The third kappa shape index (κ3) is 11.9. The zero-order valence-electron chi connectivity index (χ0n) is 27.2. The number of ether oxygens (including phenoxy) is 4. The van der Waals surface area contributed by atoms with E-state index in [0.717, 1.165) is 67.8 Å². The number of carbonyl (C=O) groups excluding carboxylic acids is 1. The normalized spacial score (nSPS) is 16.9. The van der Waals surface area contributed by atoms with E-state index in [1.54, 1.807) is 36.7 Å². The predicted molar refractivity (Wildman–Crippen MR) is 167 cm³/mol. The fourth-order valence-corrected chi connectivity index (χ4v) is 5.94. The fourth-order valence-electron chi connectivity index (χ4n) is 5.94. The Bertz CT molecular complexity index is 1560. The summed E-state index contributed by atoms with van der Waals surface area (Å²) in [7, 11) is 1.59. The second-order valence-electron chi connectivity index (χ2n) is 12.0.